The fourth-order valence-corrected chi connectivity index (χ4v) is 5.30. The van der Waals surface area contributed by atoms with Gasteiger partial charge in [0.1, 0.15) is 12.0 Å². The maximum atomic E-state index is 13.1. The monoisotopic (exact) mass is 484 g/mol. The Bertz CT molecular complexity index is 1420. The third-order valence-electron chi connectivity index (χ3n) is 7.09. The molecule has 0 unspecified atom stereocenters. The Labute approximate surface area is 209 Å². The summed E-state index contributed by atoms with van der Waals surface area (Å²) in [6, 6.07) is 14.0. The molecule has 9 nitrogen and oxygen atoms in total. The minimum Gasteiger partial charge on any atom is -0.493 e. The second-order valence-electron chi connectivity index (χ2n) is 9.32. The van der Waals surface area contributed by atoms with Crippen molar-refractivity contribution < 1.29 is 14.3 Å². The second-order valence-corrected chi connectivity index (χ2v) is 9.32. The van der Waals surface area contributed by atoms with E-state index >= 15 is 0 Å². The average molecular weight is 485 g/mol. The first-order chi connectivity index (χ1) is 17.6. The van der Waals surface area contributed by atoms with E-state index in [0.29, 0.717) is 41.8 Å². The van der Waals surface area contributed by atoms with Crippen molar-refractivity contribution in [2.45, 2.75) is 18.9 Å². The highest BCUT2D eigenvalue weighted by Gasteiger charge is 2.33. The lowest BCUT2D eigenvalue weighted by Gasteiger charge is -2.36. The molecule has 2 aliphatic rings. The first kappa shape index (κ1) is 22.5. The summed E-state index contributed by atoms with van der Waals surface area (Å²) < 4.78 is 13.3. The van der Waals surface area contributed by atoms with Crippen LogP contribution < -0.4 is 9.47 Å². The molecule has 2 aromatic heterocycles. The molecule has 0 bridgehead atoms. The van der Waals surface area contributed by atoms with Crippen LogP contribution in [0.4, 0.5) is 4.79 Å². The zero-order valence-corrected chi connectivity index (χ0v) is 20.4. The van der Waals surface area contributed by atoms with Gasteiger partial charge in [0.15, 0.2) is 11.5 Å². The number of rotatable bonds is 4. The highest BCUT2D eigenvalue weighted by atomic mass is 16.6. The fraction of sp³-hybridized carbons (Fsp3) is 0.333. The average Bonchev–Trinajstić information content (AvgIpc) is 3.54. The zero-order chi connectivity index (χ0) is 24.6. The molecule has 4 heterocycles. The van der Waals surface area contributed by atoms with E-state index in [4.69, 9.17) is 14.6 Å². The molecule has 0 N–H and O–H groups in total. The SMILES string of the molecule is COc1cc2ncnc(-c3cn(C)nc3-c3ccccc3)c2cc1OC(=O)N1CCN2CCC[C@H]2C1. The molecule has 184 valence electrons. The number of hydrogen-bond donors (Lipinski definition) is 0. The van der Waals surface area contributed by atoms with E-state index < -0.39 is 0 Å². The maximum Gasteiger partial charge on any atom is 0.415 e. The van der Waals surface area contributed by atoms with Crippen LogP contribution in [0.5, 0.6) is 11.5 Å². The van der Waals surface area contributed by atoms with Crippen molar-refractivity contribution >= 4 is 17.0 Å². The van der Waals surface area contributed by atoms with Crippen LogP contribution in [0.2, 0.25) is 0 Å². The van der Waals surface area contributed by atoms with Crippen LogP contribution in [-0.2, 0) is 7.05 Å². The summed E-state index contributed by atoms with van der Waals surface area (Å²) >= 11 is 0. The number of piperazine rings is 1. The number of ether oxygens (including phenoxy) is 2. The van der Waals surface area contributed by atoms with Gasteiger partial charge >= 0.3 is 6.09 Å². The van der Waals surface area contributed by atoms with Gasteiger partial charge in [0.2, 0.25) is 0 Å². The Morgan fingerprint density at radius 3 is 2.72 bits per heavy atom. The highest BCUT2D eigenvalue weighted by molar-refractivity contribution is 5.97. The number of aromatic nitrogens is 4. The summed E-state index contributed by atoms with van der Waals surface area (Å²) in [7, 11) is 3.45. The van der Waals surface area contributed by atoms with Gasteiger partial charge in [0.05, 0.1) is 18.3 Å². The smallest absolute Gasteiger partial charge is 0.415 e. The van der Waals surface area contributed by atoms with Gasteiger partial charge in [-0.25, -0.2) is 14.8 Å². The second kappa shape index (κ2) is 9.23. The van der Waals surface area contributed by atoms with Crippen LogP contribution in [0.1, 0.15) is 12.8 Å². The minimum atomic E-state index is -0.357. The topological polar surface area (TPSA) is 85.6 Å². The van der Waals surface area contributed by atoms with Gasteiger partial charge in [-0.05, 0) is 25.5 Å². The minimum absolute atomic E-state index is 0.352. The van der Waals surface area contributed by atoms with E-state index in [1.165, 1.54) is 12.7 Å². The Balaban J connectivity index is 1.38. The van der Waals surface area contributed by atoms with E-state index in [-0.39, 0.29) is 6.09 Å². The molecule has 6 rings (SSSR count). The van der Waals surface area contributed by atoms with Gasteiger partial charge in [-0.2, -0.15) is 5.10 Å². The van der Waals surface area contributed by atoms with Crippen LogP contribution in [0.3, 0.4) is 0 Å². The van der Waals surface area contributed by atoms with Crippen LogP contribution in [-0.4, -0.2) is 75.0 Å². The summed E-state index contributed by atoms with van der Waals surface area (Å²) in [5, 5.41) is 5.45. The number of carbonyl (C=O) groups is 1. The largest absolute Gasteiger partial charge is 0.493 e. The van der Waals surface area contributed by atoms with Gasteiger partial charge in [-0.1, -0.05) is 30.3 Å². The van der Waals surface area contributed by atoms with Crippen molar-refractivity contribution in [3.8, 4) is 34.0 Å². The molecular weight excluding hydrogens is 456 g/mol. The molecule has 0 spiro atoms. The molecule has 9 heteroatoms. The number of benzene rings is 2. The summed E-state index contributed by atoms with van der Waals surface area (Å²) in [6.07, 6.45) is 5.43. The van der Waals surface area contributed by atoms with E-state index in [1.807, 2.05) is 43.6 Å². The molecule has 4 aromatic rings. The zero-order valence-electron chi connectivity index (χ0n) is 20.4. The van der Waals surface area contributed by atoms with Crippen LogP contribution in [0.15, 0.2) is 55.0 Å². The number of hydrogen-bond acceptors (Lipinski definition) is 7. The summed E-state index contributed by atoms with van der Waals surface area (Å²) in [5.74, 6) is 0.805. The fourth-order valence-electron chi connectivity index (χ4n) is 5.30. The molecule has 0 aliphatic carbocycles. The lowest BCUT2D eigenvalue weighted by molar-refractivity contribution is 0.0928. The number of methoxy groups -OCH3 is 1. The molecule has 36 heavy (non-hydrogen) atoms. The molecule has 0 radical (unpaired) electrons. The van der Waals surface area contributed by atoms with Crippen molar-refractivity contribution in [1.29, 1.82) is 0 Å². The summed E-state index contributed by atoms with van der Waals surface area (Å²) in [4.78, 5) is 26.5. The molecule has 0 saturated carbocycles. The first-order valence-corrected chi connectivity index (χ1v) is 12.2. The van der Waals surface area contributed by atoms with Crippen LogP contribution in [0.25, 0.3) is 33.4 Å². The third kappa shape index (κ3) is 4.05. The van der Waals surface area contributed by atoms with Gasteiger partial charge in [-0.15, -0.1) is 0 Å². The van der Waals surface area contributed by atoms with Crippen molar-refractivity contribution in [1.82, 2.24) is 29.5 Å². The molecular formula is C27H28N6O3. The van der Waals surface area contributed by atoms with Crippen molar-refractivity contribution in [2.24, 2.45) is 7.05 Å². The Morgan fingerprint density at radius 2 is 1.89 bits per heavy atom. The summed E-state index contributed by atoms with van der Waals surface area (Å²) in [6.45, 7) is 3.36. The van der Waals surface area contributed by atoms with E-state index in [9.17, 15) is 4.79 Å². The number of amides is 1. The van der Waals surface area contributed by atoms with E-state index in [2.05, 4.69) is 14.9 Å². The van der Waals surface area contributed by atoms with E-state index in [0.717, 1.165) is 41.7 Å². The molecule has 2 aromatic carbocycles. The lowest BCUT2D eigenvalue weighted by Crippen LogP contribution is -2.52. The van der Waals surface area contributed by atoms with Crippen molar-refractivity contribution in [2.75, 3.05) is 33.3 Å². The molecule has 2 saturated heterocycles. The van der Waals surface area contributed by atoms with Gasteiger partial charge in [-0.3, -0.25) is 9.58 Å². The van der Waals surface area contributed by atoms with Gasteiger partial charge in [0, 0.05) is 61.5 Å². The Morgan fingerprint density at radius 1 is 1.03 bits per heavy atom. The van der Waals surface area contributed by atoms with Gasteiger partial charge < -0.3 is 14.4 Å². The molecule has 2 fully saturated rings. The quantitative estimate of drug-likeness (QED) is 0.433. The van der Waals surface area contributed by atoms with Crippen LogP contribution in [0, 0.1) is 0 Å². The molecule has 2 aliphatic heterocycles. The molecule has 1 amide bonds. The summed E-state index contributed by atoms with van der Waals surface area (Å²) in [5.41, 5.74) is 4.09. The van der Waals surface area contributed by atoms with Crippen molar-refractivity contribution in [3.63, 3.8) is 0 Å². The van der Waals surface area contributed by atoms with Crippen LogP contribution >= 0.6 is 0 Å². The first-order valence-electron chi connectivity index (χ1n) is 12.2. The van der Waals surface area contributed by atoms with Crippen molar-refractivity contribution in [3.05, 3.63) is 55.0 Å². The highest BCUT2D eigenvalue weighted by Crippen LogP contribution is 2.38. The normalized spacial score (nSPS) is 17.8. The molecule has 1 atom stereocenters. The Kier molecular flexibility index (Phi) is 5.77. The van der Waals surface area contributed by atoms with E-state index in [1.54, 1.807) is 28.8 Å². The number of carbonyl (C=O) groups excluding carboxylic acids is 1. The predicted molar refractivity (Wildman–Crippen MR) is 136 cm³/mol. The lowest BCUT2D eigenvalue weighted by atomic mass is 10.0. The number of nitrogens with zero attached hydrogens (tertiary/aromatic N) is 6. The predicted octanol–water partition coefficient (Wildman–Crippen LogP) is 3.98. The Hall–Kier alpha value is -3.98. The number of aryl methyl sites for hydroxylation is 1. The maximum absolute atomic E-state index is 13.1. The third-order valence-corrected chi connectivity index (χ3v) is 7.09. The standard InChI is InChI=1S/C27H28N6O3/c1-31-16-21(25(30-31)18-7-4-3-5-8-18)26-20-13-24(23(35-2)14-22(20)28-17-29-26)36-27(34)33-12-11-32-10-6-9-19(32)15-33/h3-5,7-8,13-14,16-17,19H,6,9-12,15H2,1-2H3/t19-/m0/s1. The van der Waals surface area contributed by atoms with Gasteiger partial charge in [0.25, 0.3) is 0 Å². The number of fused-ring (bicyclic) bond motifs is 2.